The Kier molecular flexibility index (Phi) is 6.59. The van der Waals surface area contributed by atoms with E-state index < -0.39 is 21.2 Å². The fourth-order valence-corrected chi connectivity index (χ4v) is 8.49. The summed E-state index contributed by atoms with van der Waals surface area (Å²) in [5.41, 5.74) is 5.84. The third-order valence-corrected chi connectivity index (χ3v) is 11.9. The fourth-order valence-electron chi connectivity index (χ4n) is 6.62. The number of sulfonamides is 1. The summed E-state index contributed by atoms with van der Waals surface area (Å²) in [6.07, 6.45) is 8.88. The van der Waals surface area contributed by atoms with Crippen molar-refractivity contribution >= 4 is 61.3 Å². The third-order valence-electron chi connectivity index (χ3n) is 9.44. The van der Waals surface area contributed by atoms with E-state index in [0.717, 1.165) is 78.8 Å². The van der Waals surface area contributed by atoms with E-state index in [1.807, 2.05) is 36.4 Å². The van der Waals surface area contributed by atoms with Gasteiger partial charge in [-0.05, 0) is 92.3 Å². The largest absolute Gasteiger partial charge is 0.371 e. The number of aromatic nitrogens is 2. The van der Waals surface area contributed by atoms with E-state index in [0.29, 0.717) is 34.3 Å². The molecule has 0 bridgehead atoms. The van der Waals surface area contributed by atoms with Crippen LogP contribution >= 0.6 is 23.2 Å². The zero-order chi connectivity index (χ0) is 30.2. The molecule has 2 aromatic heterocycles. The molecular formula is C33H30Cl2N4O4S. The number of benzene rings is 2. The molecule has 1 N–H and O–H groups in total. The van der Waals surface area contributed by atoms with Gasteiger partial charge in [-0.25, -0.2) is 18.1 Å². The van der Waals surface area contributed by atoms with E-state index in [-0.39, 0.29) is 11.1 Å². The SMILES string of the molecule is O=C(NS(=O)(=O)C1CC1)c1ccc2cc(N3CCC4(C=C(c5c(-c6c(Cl)cccc6Cl)noc5C5CC5)C4)CC3)ccc2n1. The molecule has 0 unspecified atom stereocenters. The van der Waals surface area contributed by atoms with Crippen LogP contribution in [-0.4, -0.2) is 42.8 Å². The van der Waals surface area contributed by atoms with Gasteiger partial charge in [-0.2, -0.15) is 0 Å². The summed E-state index contributed by atoms with van der Waals surface area (Å²) < 4.78 is 32.4. The summed E-state index contributed by atoms with van der Waals surface area (Å²) in [6, 6.07) is 14.9. The number of rotatable bonds is 7. The number of hydrogen-bond acceptors (Lipinski definition) is 7. The Balaban J connectivity index is 0.983. The van der Waals surface area contributed by atoms with Crippen molar-refractivity contribution in [2.45, 2.75) is 56.1 Å². The molecule has 11 heteroatoms. The number of carbonyl (C=O) groups excluding carboxylic acids is 1. The molecule has 0 radical (unpaired) electrons. The Morgan fingerprint density at radius 1 is 0.977 bits per heavy atom. The van der Waals surface area contributed by atoms with Gasteiger partial charge in [-0.3, -0.25) is 4.79 Å². The fraction of sp³-hybridized carbons (Fsp3) is 0.364. The first-order valence-corrected chi connectivity index (χ1v) is 17.4. The Morgan fingerprint density at radius 2 is 1.70 bits per heavy atom. The van der Waals surface area contributed by atoms with Crippen LogP contribution in [0, 0.1) is 5.41 Å². The topological polar surface area (TPSA) is 105 Å². The number of halogens is 2. The summed E-state index contributed by atoms with van der Waals surface area (Å²) in [5, 5.41) is 6.06. The van der Waals surface area contributed by atoms with Crippen LogP contribution < -0.4 is 9.62 Å². The minimum Gasteiger partial charge on any atom is -0.371 e. The van der Waals surface area contributed by atoms with Crippen molar-refractivity contribution in [3.63, 3.8) is 0 Å². The Bertz CT molecular complexity index is 1950. The smallest absolute Gasteiger partial charge is 0.283 e. The van der Waals surface area contributed by atoms with Gasteiger partial charge in [-0.1, -0.05) is 46.6 Å². The average molecular weight is 650 g/mol. The number of hydrogen-bond donors (Lipinski definition) is 1. The van der Waals surface area contributed by atoms with E-state index in [1.165, 1.54) is 5.57 Å². The van der Waals surface area contributed by atoms with Crippen LogP contribution in [0.1, 0.15) is 72.7 Å². The van der Waals surface area contributed by atoms with Crippen molar-refractivity contribution in [1.29, 1.82) is 0 Å². The maximum Gasteiger partial charge on any atom is 0.283 e. The minimum atomic E-state index is -3.62. The molecule has 3 heterocycles. The summed E-state index contributed by atoms with van der Waals surface area (Å²) in [5.74, 6) is 0.689. The molecule has 8 rings (SSSR count). The lowest BCUT2D eigenvalue weighted by atomic mass is 9.63. The predicted octanol–water partition coefficient (Wildman–Crippen LogP) is 7.37. The molecule has 1 amide bonds. The lowest BCUT2D eigenvalue weighted by molar-refractivity contribution is 0.0977. The summed E-state index contributed by atoms with van der Waals surface area (Å²) in [7, 11) is -3.62. The van der Waals surface area contributed by atoms with Gasteiger partial charge in [-0.15, -0.1) is 0 Å². The highest BCUT2D eigenvalue weighted by atomic mass is 35.5. The van der Waals surface area contributed by atoms with Gasteiger partial charge in [0.2, 0.25) is 10.0 Å². The maximum absolute atomic E-state index is 12.5. The number of nitrogens with zero attached hydrogens (tertiary/aromatic N) is 3. The molecule has 2 saturated carbocycles. The molecular weight excluding hydrogens is 619 g/mol. The van der Waals surface area contributed by atoms with Gasteiger partial charge >= 0.3 is 0 Å². The standard InChI is InChI=1S/C33H30Cl2N4O4S/c34-24-2-1-3-25(35)29(24)30-28(31(43-37-30)19-4-5-19)21-17-33(18-21)12-14-39(15-13-33)22-7-11-26-20(16-22)6-10-27(36-26)32(40)38-44(41,42)23-8-9-23/h1-3,6-7,10-11,16-17,19,23H,4-5,8-9,12-15,18H2,(H,38,40). The van der Waals surface area contributed by atoms with E-state index in [2.05, 4.69) is 31.9 Å². The summed E-state index contributed by atoms with van der Waals surface area (Å²) in [4.78, 5) is 19.4. The van der Waals surface area contributed by atoms with E-state index >= 15 is 0 Å². The number of anilines is 1. The molecule has 0 atom stereocenters. The number of pyridine rings is 1. The normalized spacial score (nSPS) is 19.6. The minimum absolute atomic E-state index is 0.0968. The Labute approximate surface area is 265 Å². The van der Waals surface area contributed by atoms with Crippen molar-refractivity contribution in [3.8, 4) is 11.3 Å². The number of carbonyl (C=O) groups is 1. The predicted molar refractivity (Wildman–Crippen MR) is 172 cm³/mol. The Morgan fingerprint density at radius 3 is 2.39 bits per heavy atom. The number of piperidine rings is 1. The molecule has 2 aromatic carbocycles. The van der Waals surface area contributed by atoms with Crippen LogP contribution in [-0.2, 0) is 10.0 Å². The molecule has 44 heavy (non-hydrogen) atoms. The molecule has 1 spiro atoms. The zero-order valence-corrected chi connectivity index (χ0v) is 26.2. The number of allylic oxidation sites excluding steroid dienone is 2. The molecule has 4 aliphatic rings. The van der Waals surface area contributed by atoms with Crippen molar-refractivity contribution in [2.75, 3.05) is 18.0 Å². The zero-order valence-electron chi connectivity index (χ0n) is 23.9. The molecule has 1 aliphatic heterocycles. The lowest BCUT2D eigenvalue weighted by Gasteiger charge is -2.47. The molecule has 1 saturated heterocycles. The highest BCUT2D eigenvalue weighted by molar-refractivity contribution is 7.91. The second kappa shape index (κ2) is 10.3. The average Bonchev–Trinajstić information content (AvgIpc) is 3.93. The molecule has 3 fully saturated rings. The second-order valence-corrected chi connectivity index (χ2v) is 15.4. The van der Waals surface area contributed by atoms with Crippen LogP contribution in [0.15, 0.2) is 59.1 Å². The van der Waals surface area contributed by atoms with Crippen molar-refractivity contribution in [1.82, 2.24) is 14.9 Å². The quantitative estimate of drug-likeness (QED) is 0.223. The highest BCUT2D eigenvalue weighted by Crippen LogP contribution is 2.56. The molecule has 4 aromatic rings. The number of nitrogens with one attached hydrogen (secondary N) is 1. The lowest BCUT2D eigenvalue weighted by Crippen LogP contribution is -2.42. The van der Waals surface area contributed by atoms with Gasteiger partial charge in [0.25, 0.3) is 5.91 Å². The van der Waals surface area contributed by atoms with Crippen molar-refractivity contribution < 1.29 is 17.7 Å². The Hall–Kier alpha value is -3.40. The van der Waals surface area contributed by atoms with Crippen molar-refractivity contribution in [2.24, 2.45) is 5.41 Å². The van der Waals surface area contributed by atoms with Gasteiger partial charge in [0.05, 0.1) is 20.8 Å². The van der Waals surface area contributed by atoms with Gasteiger partial charge in [0.1, 0.15) is 17.1 Å². The van der Waals surface area contributed by atoms with Gasteiger partial charge in [0.15, 0.2) is 0 Å². The number of fused-ring (bicyclic) bond motifs is 1. The molecule has 3 aliphatic carbocycles. The highest BCUT2D eigenvalue weighted by Gasteiger charge is 2.44. The summed E-state index contributed by atoms with van der Waals surface area (Å²) in [6.45, 7) is 1.84. The number of amides is 1. The first-order chi connectivity index (χ1) is 21.2. The van der Waals surface area contributed by atoms with Gasteiger partial charge < -0.3 is 9.42 Å². The second-order valence-electron chi connectivity index (χ2n) is 12.6. The van der Waals surface area contributed by atoms with Crippen LogP contribution in [0.2, 0.25) is 10.0 Å². The van der Waals surface area contributed by atoms with E-state index in [1.54, 1.807) is 6.07 Å². The third kappa shape index (κ3) is 4.99. The molecule has 226 valence electrons. The monoisotopic (exact) mass is 648 g/mol. The van der Waals surface area contributed by atoms with Crippen LogP contribution in [0.4, 0.5) is 5.69 Å². The molecule has 8 nitrogen and oxygen atoms in total. The van der Waals surface area contributed by atoms with Crippen molar-refractivity contribution in [3.05, 3.63) is 81.7 Å². The summed E-state index contributed by atoms with van der Waals surface area (Å²) >= 11 is 13.2. The van der Waals surface area contributed by atoms with Crippen LogP contribution in [0.5, 0.6) is 0 Å². The first-order valence-electron chi connectivity index (χ1n) is 15.1. The maximum atomic E-state index is 12.5. The van der Waals surface area contributed by atoms with Crippen LogP contribution in [0.3, 0.4) is 0 Å². The van der Waals surface area contributed by atoms with Crippen LogP contribution in [0.25, 0.3) is 27.7 Å². The van der Waals surface area contributed by atoms with Gasteiger partial charge in [0, 0.05) is 41.2 Å². The van der Waals surface area contributed by atoms with E-state index in [9.17, 15) is 13.2 Å². The van der Waals surface area contributed by atoms with E-state index in [4.69, 9.17) is 27.7 Å². The first kappa shape index (κ1) is 28.1.